The number of hydrogen-bond acceptors (Lipinski definition) is 6. The van der Waals surface area contributed by atoms with Gasteiger partial charge in [0.2, 0.25) is 0 Å². The Morgan fingerprint density at radius 1 is 0.886 bits per heavy atom. The van der Waals surface area contributed by atoms with E-state index in [1.54, 1.807) is 12.1 Å². The molecule has 0 saturated heterocycles. The summed E-state index contributed by atoms with van der Waals surface area (Å²) >= 11 is 0. The van der Waals surface area contributed by atoms with Crippen LogP contribution in [0, 0.1) is 11.3 Å². The van der Waals surface area contributed by atoms with Crippen molar-refractivity contribution in [2.24, 2.45) is 11.3 Å². The molecule has 2 aromatic rings. The lowest BCUT2D eigenvalue weighted by atomic mass is 9.57. The van der Waals surface area contributed by atoms with Crippen molar-refractivity contribution in [3.05, 3.63) is 46.5 Å². The van der Waals surface area contributed by atoms with Crippen molar-refractivity contribution in [1.82, 2.24) is 0 Å². The molecular formula is C29H36O6. The van der Waals surface area contributed by atoms with E-state index in [4.69, 9.17) is 9.47 Å². The van der Waals surface area contributed by atoms with Crippen LogP contribution < -0.4 is 9.47 Å². The Morgan fingerprint density at radius 2 is 1.54 bits per heavy atom. The summed E-state index contributed by atoms with van der Waals surface area (Å²) in [5.41, 5.74) is 1.83. The van der Waals surface area contributed by atoms with Crippen LogP contribution in [-0.2, 0) is 12.8 Å². The van der Waals surface area contributed by atoms with Crippen LogP contribution in [0.1, 0.15) is 69.7 Å². The first-order chi connectivity index (χ1) is 16.3. The van der Waals surface area contributed by atoms with Gasteiger partial charge < -0.3 is 29.9 Å². The normalized spacial score (nSPS) is 30.5. The van der Waals surface area contributed by atoms with Crippen molar-refractivity contribution in [1.29, 1.82) is 0 Å². The standard InChI is InChI=1S/C29H36O6/c1-27(2)9-8-19-20(30)11-17(13-23(19)34-27)7-6-16-10-18-14-24-28(3,4)26(33)22(32)15-29(24,5)35-25(18)21(31)12-16/h6-7,10-13,22,24,26,30-33H,8-9,14-15H2,1-5H3/b7-6+/t22-,24-,26-,29-/m1/s1. The van der Waals surface area contributed by atoms with Gasteiger partial charge in [-0.25, -0.2) is 0 Å². The minimum absolute atomic E-state index is 0.0300. The number of fused-ring (bicyclic) bond motifs is 3. The predicted octanol–water partition coefficient (Wildman–Crippen LogP) is 4.83. The van der Waals surface area contributed by atoms with E-state index in [0.29, 0.717) is 24.3 Å². The molecule has 2 aliphatic heterocycles. The topological polar surface area (TPSA) is 99.4 Å². The Balaban J connectivity index is 1.45. The summed E-state index contributed by atoms with van der Waals surface area (Å²) in [5.74, 6) is 1.42. The first-order valence-corrected chi connectivity index (χ1v) is 12.4. The van der Waals surface area contributed by atoms with Crippen LogP contribution in [0.25, 0.3) is 12.2 Å². The monoisotopic (exact) mass is 480 g/mol. The van der Waals surface area contributed by atoms with Crippen LogP contribution in [0.4, 0.5) is 0 Å². The van der Waals surface area contributed by atoms with E-state index in [9.17, 15) is 20.4 Å². The second kappa shape index (κ2) is 7.90. The summed E-state index contributed by atoms with van der Waals surface area (Å²) in [5, 5.41) is 42.5. The fraction of sp³-hybridized carbons (Fsp3) is 0.517. The van der Waals surface area contributed by atoms with E-state index in [1.165, 1.54) is 0 Å². The Morgan fingerprint density at radius 3 is 2.26 bits per heavy atom. The van der Waals surface area contributed by atoms with Crippen molar-refractivity contribution in [2.45, 2.75) is 83.7 Å². The van der Waals surface area contributed by atoms with Crippen LogP contribution in [-0.4, -0.2) is 43.8 Å². The first-order valence-electron chi connectivity index (χ1n) is 12.4. The maximum Gasteiger partial charge on any atom is 0.164 e. The van der Waals surface area contributed by atoms with Crippen molar-refractivity contribution in [3.8, 4) is 23.0 Å². The molecule has 3 aliphatic rings. The van der Waals surface area contributed by atoms with Crippen molar-refractivity contribution < 1.29 is 29.9 Å². The molecule has 4 atom stereocenters. The van der Waals surface area contributed by atoms with Gasteiger partial charge in [0.1, 0.15) is 22.7 Å². The van der Waals surface area contributed by atoms with E-state index < -0.39 is 23.2 Å². The lowest BCUT2D eigenvalue weighted by Crippen LogP contribution is -2.63. The molecule has 0 amide bonds. The zero-order valence-electron chi connectivity index (χ0n) is 21.1. The second-order valence-corrected chi connectivity index (χ2v) is 11.9. The minimum Gasteiger partial charge on any atom is -0.508 e. The fourth-order valence-corrected chi connectivity index (χ4v) is 6.32. The Kier molecular flexibility index (Phi) is 5.42. The van der Waals surface area contributed by atoms with Crippen LogP contribution in [0.3, 0.4) is 0 Å². The van der Waals surface area contributed by atoms with Crippen LogP contribution in [0.15, 0.2) is 24.3 Å². The number of phenolic OH excluding ortho intramolecular Hbond substituents is 2. The van der Waals surface area contributed by atoms with Crippen LogP contribution >= 0.6 is 0 Å². The van der Waals surface area contributed by atoms with Gasteiger partial charge in [-0.05, 0) is 81.0 Å². The maximum atomic E-state index is 10.8. The Bertz CT molecular complexity index is 1200. The summed E-state index contributed by atoms with van der Waals surface area (Å²) in [4.78, 5) is 0. The number of aliphatic hydroxyl groups is 2. The fourth-order valence-electron chi connectivity index (χ4n) is 6.32. The van der Waals surface area contributed by atoms with Gasteiger partial charge >= 0.3 is 0 Å². The zero-order valence-corrected chi connectivity index (χ0v) is 21.1. The van der Waals surface area contributed by atoms with Crippen LogP contribution in [0.2, 0.25) is 0 Å². The third kappa shape index (κ3) is 4.07. The van der Waals surface area contributed by atoms with Gasteiger partial charge in [-0.2, -0.15) is 0 Å². The molecule has 6 nitrogen and oxygen atoms in total. The number of hydrogen-bond donors (Lipinski definition) is 4. The minimum atomic E-state index is -0.875. The summed E-state index contributed by atoms with van der Waals surface area (Å²) in [6.45, 7) is 9.98. The molecule has 0 spiro atoms. The van der Waals surface area contributed by atoms with E-state index in [0.717, 1.165) is 35.1 Å². The average Bonchev–Trinajstić information content (AvgIpc) is 2.75. The highest BCUT2D eigenvalue weighted by Gasteiger charge is 2.58. The van der Waals surface area contributed by atoms with E-state index in [1.807, 2.05) is 58.9 Å². The number of aliphatic hydroxyl groups excluding tert-OH is 2. The molecule has 0 unspecified atom stereocenters. The molecule has 0 radical (unpaired) electrons. The average molecular weight is 481 g/mol. The molecule has 6 heteroatoms. The number of rotatable bonds is 2. The third-order valence-electron chi connectivity index (χ3n) is 8.34. The molecule has 1 saturated carbocycles. The largest absolute Gasteiger partial charge is 0.508 e. The third-order valence-corrected chi connectivity index (χ3v) is 8.34. The van der Waals surface area contributed by atoms with E-state index in [2.05, 4.69) is 0 Å². The lowest BCUT2D eigenvalue weighted by Gasteiger charge is -2.56. The van der Waals surface area contributed by atoms with Crippen LogP contribution in [0.5, 0.6) is 23.0 Å². The molecule has 188 valence electrons. The predicted molar refractivity (Wildman–Crippen MR) is 135 cm³/mol. The summed E-state index contributed by atoms with van der Waals surface area (Å²) in [6.07, 6.45) is 4.64. The number of ether oxygens (including phenoxy) is 2. The van der Waals surface area contributed by atoms with Gasteiger partial charge in [-0.1, -0.05) is 26.0 Å². The highest BCUT2D eigenvalue weighted by Crippen LogP contribution is 2.54. The lowest BCUT2D eigenvalue weighted by molar-refractivity contribution is -0.187. The number of phenols is 2. The first kappa shape index (κ1) is 24.0. The van der Waals surface area contributed by atoms with Gasteiger partial charge in [0.15, 0.2) is 11.5 Å². The van der Waals surface area contributed by atoms with Crippen molar-refractivity contribution in [2.75, 3.05) is 0 Å². The van der Waals surface area contributed by atoms with Crippen molar-refractivity contribution in [3.63, 3.8) is 0 Å². The summed E-state index contributed by atoms with van der Waals surface area (Å²) in [7, 11) is 0. The van der Waals surface area contributed by atoms with Gasteiger partial charge in [-0.3, -0.25) is 0 Å². The summed E-state index contributed by atoms with van der Waals surface area (Å²) in [6, 6.07) is 7.34. The molecule has 35 heavy (non-hydrogen) atoms. The van der Waals surface area contributed by atoms with Crippen molar-refractivity contribution >= 4 is 12.2 Å². The molecule has 2 aromatic carbocycles. The molecule has 2 heterocycles. The molecule has 0 bridgehead atoms. The Hall–Kier alpha value is -2.70. The Labute approximate surface area is 206 Å². The van der Waals surface area contributed by atoms with Gasteiger partial charge in [0.25, 0.3) is 0 Å². The molecule has 1 aliphatic carbocycles. The van der Waals surface area contributed by atoms with Gasteiger partial charge in [0, 0.05) is 23.3 Å². The molecular weight excluding hydrogens is 444 g/mol. The SMILES string of the molecule is CC1(C)CCc2c(O)cc(/C=C/c3cc(O)c4c(c3)C[C@@H]3C(C)(C)[C@H](O)[C@H](O)C[C@@]3(C)O4)cc2O1. The molecule has 4 N–H and O–H groups in total. The smallest absolute Gasteiger partial charge is 0.164 e. The highest BCUT2D eigenvalue weighted by atomic mass is 16.5. The van der Waals surface area contributed by atoms with E-state index >= 15 is 0 Å². The second-order valence-electron chi connectivity index (χ2n) is 11.9. The molecule has 0 aromatic heterocycles. The molecule has 5 rings (SSSR count). The van der Waals surface area contributed by atoms with Gasteiger partial charge in [-0.15, -0.1) is 0 Å². The quantitative estimate of drug-likeness (QED) is 0.460. The van der Waals surface area contributed by atoms with E-state index in [-0.39, 0.29) is 23.0 Å². The number of benzene rings is 2. The highest BCUT2D eigenvalue weighted by molar-refractivity contribution is 5.73. The summed E-state index contributed by atoms with van der Waals surface area (Å²) < 4.78 is 12.4. The molecule has 1 fully saturated rings. The number of aromatic hydroxyl groups is 2. The van der Waals surface area contributed by atoms with Gasteiger partial charge in [0.05, 0.1) is 12.2 Å². The maximum absolute atomic E-state index is 10.8. The zero-order chi connectivity index (χ0) is 25.3.